The fraction of sp³-hybridized carbons (Fsp3) is 0.568. The standard InChI is InChI=1S/C37H42F5N3O2/c1-34-20-31(26-6-4-24(5-7-26)22-44-15-17-45(18-16-44)23-25-3-2-14-43-21-25)33-29-11-9-28(46)19-27(29)8-10-30(33)32(34)12-13-35(34,47)36(38,39)37(40,41)42/h2-7,14,19,21,30-32,47H,8-13,15-18,20,22-23H2,1H3/t30?,31-,32?,34+,35+/m1/s1. The van der Waals surface area contributed by atoms with Gasteiger partial charge in [0.15, 0.2) is 5.78 Å². The number of ketones is 1. The van der Waals surface area contributed by atoms with Gasteiger partial charge in [0.1, 0.15) is 5.60 Å². The van der Waals surface area contributed by atoms with E-state index in [-0.39, 0.29) is 24.5 Å². The number of nitrogens with zero attached hydrogens (tertiary/aromatic N) is 3. The van der Waals surface area contributed by atoms with E-state index in [2.05, 4.69) is 20.9 Å². The largest absolute Gasteiger partial charge is 0.456 e. The van der Waals surface area contributed by atoms with Crippen LogP contribution in [0.4, 0.5) is 22.0 Å². The molecule has 0 bridgehead atoms. The van der Waals surface area contributed by atoms with Crippen LogP contribution in [-0.4, -0.2) is 69.6 Å². The molecule has 1 aliphatic heterocycles. The van der Waals surface area contributed by atoms with Crippen molar-refractivity contribution in [1.29, 1.82) is 0 Å². The first-order valence-electron chi connectivity index (χ1n) is 16.9. The van der Waals surface area contributed by atoms with Gasteiger partial charge in [-0.3, -0.25) is 19.6 Å². The molecule has 4 aliphatic carbocycles. The first kappa shape index (κ1) is 32.6. The molecule has 0 spiro atoms. The first-order valence-corrected chi connectivity index (χ1v) is 16.9. The summed E-state index contributed by atoms with van der Waals surface area (Å²) in [5, 5.41) is 11.5. The zero-order valence-corrected chi connectivity index (χ0v) is 26.7. The van der Waals surface area contributed by atoms with E-state index in [0.29, 0.717) is 25.7 Å². The van der Waals surface area contributed by atoms with Crippen molar-refractivity contribution in [1.82, 2.24) is 14.8 Å². The van der Waals surface area contributed by atoms with Crippen LogP contribution in [0.5, 0.6) is 0 Å². The number of piperazine rings is 1. The minimum absolute atomic E-state index is 0.00532. The highest BCUT2D eigenvalue weighted by Crippen LogP contribution is 2.70. The third-order valence-electron chi connectivity index (χ3n) is 12.1. The lowest BCUT2D eigenvalue weighted by atomic mass is 9.50. The molecule has 5 nitrogen and oxygen atoms in total. The number of carbonyl (C=O) groups excluding carboxylic acids is 1. The van der Waals surface area contributed by atoms with Gasteiger partial charge in [-0.2, -0.15) is 22.0 Å². The molecule has 5 aliphatic rings. The number of alkyl halides is 5. The highest BCUT2D eigenvalue weighted by molar-refractivity contribution is 5.93. The maximum Gasteiger partial charge on any atom is 0.456 e. The minimum atomic E-state index is -5.86. The van der Waals surface area contributed by atoms with Crippen molar-refractivity contribution < 1.29 is 31.9 Å². The van der Waals surface area contributed by atoms with Crippen LogP contribution >= 0.6 is 0 Å². The fourth-order valence-electron chi connectivity index (χ4n) is 9.68. The van der Waals surface area contributed by atoms with Gasteiger partial charge in [-0.15, -0.1) is 0 Å². The second-order valence-corrected chi connectivity index (χ2v) is 14.6. The molecule has 0 amide bonds. The number of pyridine rings is 1. The smallest absolute Gasteiger partial charge is 0.383 e. The predicted molar refractivity (Wildman–Crippen MR) is 167 cm³/mol. The van der Waals surface area contributed by atoms with Gasteiger partial charge in [0.2, 0.25) is 0 Å². The molecule has 2 heterocycles. The second kappa shape index (κ2) is 11.9. The Balaban J connectivity index is 1.15. The highest BCUT2D eigenvalue weighted by Gasteiger charge is 2.79. The molecule has 7 rings (SSSR count). The molecule has 5 atom stereocenters. The van der Waals surface area contributed by atoms with Gasteiger partial charge in [0.25, 0.3) is 0 Å². The van der Waals surface area contributed by atoms with Crippen molar-refractivity contribution in [3.8, 4) is 0 Å². The predicted octanol–water partition coefficient (Wildman–Crippen LogP) is 7.23. The normalized spacial score (nSPS) is 32.1. The van der Waals surface area contributed by atoms with Crippen LogP contribution in [0.2, 0.25) is 0 Å². The van der Waals surface area contributed by atoms with E-state index in [1.165, 1.54) is 12.5 Å². The number of fused-ring (bicyclic) bond motifs is 4. The van der Waals surface area contributed by atoms with Crippen LogP contribution in [0.1, 0.15) is 74.5 Å². The van der Waals surface area contributed by atoms with Gasteiger partial charge in [0.05, 0.1) is 0 Å². The molecule has 1 N–H and O–H groups in total. The van der Waals surface area contributed by atoms with E-state index < -0.39 is 41.4 Å². The van der Waals surface area contributed by atoms with Gasteiger partial charge in [0, 0.05) is 69.4 Å². The van der Waals surface area contributed by atoms with Crippen LogP contribution in [0, 0.1) is 17.3 Å². The van der Waals surface area contributed by atoms with E-state index in [4.69, 9.17) is 0 Å². The third kappa shape index (κ3) is 5.48. The summed E-state index contributed by atoms with van der Waals surface area (Å²) < 4.78 is 72.1. The molecule has 3 fully saturated rings. The lowest BCUT2D eigenvalue weighted by Crippen LogP contribution is -2.65. The Kier molecular flexibility index (Phi) is 8.24. The zero-order chi connectivity index (χ0) is 33.2. The molecule has 1 saturated heterocycles. The molecular formula is C37H42F5N3O2. The van der Waals surface area contributed by atoms with Crippen LogP contribution in [0.15, 0.2) is 71.6 Å². The topological polar surface area (TPSA) is 56.7 Å². The molecule has 47 heavy (non-hydrogen) atoms. The van der Waals surface area contributed by atoms with E-state index in [1.807, 2.05) is 36.5 Å². The Hall–Kier alpha value is -2.95. The molecule has 2 saturated carbocycles. The average Bonchev–Trinajstić information content (AvgIpc) is 3.33. The SMILES string of the molecule is C[C@]12C[C@H](c3ccc(CN4CCN(Cc5cccnc5)CC4)cc3)C3=C4CCC(=O)C=C4CCC3C1CC[C@@]2(O)C(F)(F)C(F)(F)F. The van der Waals surface area contributed by atoms with Crippen molar-refractivity contribution in [2.75, 3.05) is 26.2 Å². The Labute approximate surface area is 272 Å². The maximum atomic E-state index is 15.3. The third-order valence-corrected chi connectivity index (χ3v) is 12.1. The number of allylic oxidation sites excluding steroid dienone is 4. The lowest BCUT2D eigenvalue weighted by molar-refractivity contribution is -0.362. The van der Waals surface area contributed by atoms with Crippen molar-refractivity contribution in [3.63, 3.8) is 0 Å². The van der Waals surface area contributed by atoms with Crippen molar-refractivity contribution in [3.05, 3.63) is 88.3 Å². The van der Waals surface area contributed by atoms with Crippen LogP contribution in [0.25, 0.3) is 0 Å². The second-order valence-electron chi connectivity index (χ2n) is 14.6. The number of aliphatic hydroxyl groups is 1. The van der Waals surface area contributed by atoms with Crippen LogP contribution < -0.4 is 0 Å². The Morgan fingerprint density at radius 2 is 1.60 bits per heavy atom. The first-order chi connectivity index (χ1) is 22.3. The monoisotopic (exact) mass is 655 g/mol. The Morgan fingerprint density at radius 1 is 0.915 bits per heavy atom. The fourth-order valence-corrected chi connectivity index (χ4v) is 9.68. The number of benzene rings is 1. The van der Waals surface area contributed by atoms with Gasteiger partial charge in [-0.05, 0) is 90.3 Å². The van der Waals surface area contributed by atoms with Gasteiger partial charge in [-0.25, -0.2) is 0 Å². The quantitative estimate of drug-likeness (QED) is 0.333. The zero-order valence-electron chi connectivity index (χ0n) is 26.7. The summed E-state index contributed by atoms with van der Waals surface area (Å²) >= 11 is 0. The van der Waals surface area contributed by atoms with Gasteiger partial charge in [-0.1, -0.05) is 42.8 Å². The number of rotatable bonds is 6. The van der Waals surface area contributed by atoms with E-state index in [1.54, 1.807) is 12.3 Å². The van der Waals surface area contributed by atoms with E-state index in [0.717, 1.165) is 67.1 Å². The van der Waals surface area contributed by atoms with Gasteiger partial charge < -0.3 is 5.11 Å². The van der Waals surface area contributed by atoms with Crippen LogP contribution in [0.3, 0.4) is 0 Å². The molecule has 2 unspecified atom stereocenters. The molecule has 1 aromatic heterocycles. The summed E-state index contributed by atoms with van der Waals surface area (Å²) in [6.07, 6.45) is 1.13. The highest BCUT2D eigenvalue weighted by atomic mass is 19.4. The number of halogens is 5. The van der Waals surface area contributed by atoms with Crippen molar-refractivity contribution in [2.45, 2.75) is 88.6 Å². The summed E-state index contributed by atoms with van der Waals surface area (Å²) in [7, 11) is 0. The molecular weight excluding hydrogens is 613 g/mol. The Morgan fingerprint density at radius 3 is 2.23 bits per heavy atom. The molecule has 1 aromatic carbocycles. The van der Waals surface area contributed by atoms with Crippen molar-refractivity contribution >= 4 is 5.78 Å². The Bertz CT molecular complexity index is 1560. The van der Waals surface area contributed by atoms with E-state index >= 15 is 8.78 Å². The molecule has 0 radical (unpaired) electrons. The molecule has 10 heteroatoms. The maximum absolute atomic E-state index is 15.3. The van der Waals surface area contributed by atoms with Crippen LogP contribution in [-0.2, 0) is 17.9 Å². The molecule has 2 aromatic rings. The van der Waals surface area contributed by atoms with Gasteiger partial charge >= 0.3 is 12.1 Å². The number of hydrogen-bond donors (Lipinski definition) is 1. The lowest BCUT2D eigenvalue weighted by Gasteiger charge is -2.56. The summed E-state index contributed by atoms with van der Waals surface area (Å²) in [6, 6.07) is 12.1. The number of hydrogen-bond acceptors (Lipinski definition) is 5. The number of aromatic nitrogens is 1. The summed E-state index contributed by atoms with van der Waals surface area (Å²) in [4.78, 5) is 21.3. The molecule has 252 valence electrons. The van der Waals surface area contributed by atoms with E-state index in [9.17, 15) is 23.1 Å². The number of carbonyl (C=O) groups is 1. The summed E-state index contributed by atoms with van der Waals surface area (Å²) in [5.41, 5.74) is 1.47. The average molecular weight is 656 g/mol. The van der Waals surface area contributed by atoms with Crippen molar-refractivity contribution in [2.24, 2.45) is 17.3 Å². The minimum Gasteiger partial charge on any atom is -0.383 e. The summed E-state index contributed by atoms with van der Waals surface area (Å²) in [5.74, 6) is -6.31. The summed E-state index contributed by atoms with van der Waals surface area (Å²) in [6.45, 7) is 6.81.